The van der Waals surface area contributed by atoms with Crippen LogP contribution < -0.4 is 0 Å². The Bertz CT molecular complexity index is 199. The van der Waals surface area contributed by atoms with Gasteiger partial charge < -0.3 is 20.1 Å². The third-order valence-corrected chi connectivity index (χ3v) is 1.15. The summed E-state index contributed by atoms with van der Waals surface area (Å²) in [7, 11) is 0. The lowest BCUT2D eigenvalue weighted by Gasteiger charge is -2.14. The normalized spacial score (nSPS) is 15.2. The minimum atomic E-state index is -2.15. The molecule has 0 aromatic carbocycles. The van der Waals surface area contributed by atoms with E-state index in [-0.39, 0.29) is 0 Å². The van der Waals surface area contributed by atoms with E-state index in [4.69, 9.17) is 15.3 Å². The van der Waals surface area contributed by atoms with Crippen LogP contribution in [-0.4, -0.2) is 45.6 Å². The second kappa shape index (κ2) is 4.78. The molecule has 0 heterocycles. The van der Waals surface area contributed by atoms with Gasteiger partial charge >= 0.3 is 11.9 Å². The van der Waals surface area contributed by atoms with Crippen LogP contribution in [0.1, 0.15) is 13.8 Å². The summed E-state index contributed by atoms with van der Waals surface area (Å²) in [5, 5.41) is 25.8. The van der Waals surface area contributed by atoms with Crippen molar-refractivity contribution in [1.82, 2.24) is 0 Å². The number of rotatable bonds is 4. The molecule has 0 unspecified atom stereocenters. The van der Waals surface area contributed by atoms with Gasteiger partial charge in [-0.15, -0.1) is 0 Å². The highest BCUT2D eigenvalue weighted by Crippen LogP contribution is 1.99. The van der Waals surface area contributed by atoms with E-state index in [9.17, 15) is 9.59 Å². The van der Waals surface area contributed by atoms with Crippen LogP contribution in [0.5, 0.6) is 0 Å². The predicted molar refractivity (Wildman–Crippen MR) is 40.9 cm³/mol. The molecule has 0 aliphatic rings. The maximum atomic E-state index is 10.8. The standard InChI is InChI=1S/C7H12O6/c1-3(2)13-7(12)5(9)4(8)6(10)11/h3-5,8-9H,1-2H3,(H,10,11)/t4-,5-/m0/s1. The largest absolute Gasteiger partial charge is 0.479 e. The van der Waals surface area contributed by atoms with Gasteiger partial charge in [0.15, 0.2) is 12.2 Å². The zero-order chi connectivity index (χ0) is 10.6. The van der Waals surface area contributed by atoms with Gasteiger partial charge in [0.2, 0.25) is 0 Å². The second-order valence-electron chi connectivity index (χ2n) is 2.71. The van der Waals surface area contributed by atoms with Crippen molar-refractivity contribution in [3.8, 4) is 0 Å². The Morgan fingerprint density at radius 3 is 1.92 bits per heavy atom. The molecule has 0 amide bonds. The molecular formula is C7H12O6. The number of ether oxygens (including phenoxy) is 1. The summed E-state index contributed by atoms with van der Waals surface area (Å²) < 4.78 is 4.47. The van der Waals surface area contributed by atoms with Crippen molar-refractivity contribution >= 4 is 11.9 Å². The first-order chi connectivity index (χ1) is 5.86. The minimum absolute atomic E-state index is 0.469. The molecule has 6 heteroatoms. The Morgan fingerprint density at radius 1 is 1.15 bits per heavy atom. The van der Waals surface area contributed by atoms with Gasteiger partial charge in [-0.2, -0.15) is 0 Å². The van der Waals surface area contributed by atoms with Crippen LogP contribution in [0.25, 0.3) is 0 Å². The van der Waals surface area contributed by atoms with Gasteiger partial charge in [0.05, 0.1) is 6.10 Å². The first-order valence-corrected chi connectivity index (χ1v) is 3.65. The number of carbonyl (C=O) groups excluding carboxylic acids is 1. The molecule has 0 rings (SSSR count). The van der Waals surface area contributed by atoms with Crippen LogP contribution in [0.3, 0.4) is 0 Å². The average Bonchev–Trinajstić information content (AvgIpc) is 2.00. The van der Waals surface area contributed by atoms with Crippen molar-refractivity contribution in [2.24, 2.45) is 0 Å². The summed E-state index contributed by atoms with van der Waals surface area (Å²) in [5.74, 6) is -2.82. The first kappa shape index (κ1) is 11.9. The molecule has 6 nitrogen and oxygen atoms in total. The monoisotopic (exact) mass is 192 g/mol. The second-order valence-corrected chi connectivity index (χ2v) is 2.71. The van der Waals surface area contributed by atoms with Gasteiger partial charge in [-0.25, -0.2) is 9.59 Å². The fraction of sp³-hybridized carbons (Fsp3) is 0.714. The fourth-order valence-corrected chi connectivity index (χ4v) is 0.566. The number of carboxylic acids is 1. The van der Waals surface area contributed by atoms with Gasteiger partial charge in [0.1, 0.15) is 0 Å². The summed E-state index contributed by atoms with van der Waals surface area (Å²) in [4.78, 5) is 20.9. The van der Waals surface area contributed by atoms with Crippen molar-refractivity contribution in [2.75, 3.05) is 0 Å². The summed E-state index contributed by atoms with van der Waals surface area (Å²) in [6.45, 7) is 3.08. The van der Waals surface area contributed by atoms with Crippen LogP contribution in [-0.2, 0) is 14.3 Å². The zero-order valence-electron chi connectivity index (χ0n) is 7.30. The smallest absolute Gasteiger partial charge is 0.338 e. The molecule has 76 valence electrons. The summed E-state index contributed by atoms with van der Waals surface area (Å²) >= 11 is 0. The van der Waals surface area contributed by atoms with E-state index in [2.05, 4.69) is 4.74 Å². The van der Waals surface area contributed by atoms with Gasteiger partial charge in [0, 0.05) is 0 Å². The van der Waals surface area contributed by atoms with Crippen molar-refractivity contribution in [2.45, 2.75) is 32.2 Å². The molecular weight excluding hydrogens is 180 g/mol. The van der Waals surface area contributed by atoms with Crippen LogP contribution in [0.2, 0.25) is 0 Å². The lowest BCUT2D eigenvalue weighted by Crippen LogP contribution is -2.41. The Labute approximate surface area is 74.7 Å². The SMILES string of the molecule is CC(C)OC(=O)[C@@H](O)[C@H](O)C(=O)O. The minimum Gasteiger partial charge on any atom is -0.479 e. The number of esters is 1. The molecule has 0 aromatic heterocycles. The highest BCUT2D eigenvalue weighted by atomic mass is 16.6. The number of aliphatic hydroxyl groups is 2. The van der Waals surface area contributed by atoms with Crippen LogP contribution >= 0.6 is 0 Å². The maximum Gasteiger partial charge on any atom is 0.338 e. The molecule has 0 aromatic rings. The average molecular weight is 192 g/mol. The molecule has 3 N–H and O–H groups in total. The summed E-state index contributed by atoms with van der Waals surface area (Å²) in [6.07, 6.45) is -4.66. The zero-order valence-corrected chi connectivity index (χ0v) is 7.30. The number of aliphatic hydroxyl groups excluding tert-OH is 2. The Hall–Kier alpha value is -1.14. The Morgan fingerprint density at radius 2 is 1.62 bits per heavy atom. The molecule has 0 saturated carbocycles. The quantitative estimate of drug-likeness (QED) is 0.480. The van der Waals surface area contributed by atoms with E-state index in [0.717, 1.165) is 0 Å². The molecule has 0 radical (unpaired) electrons. The van der Waals surface area contributed by atoms with Crippen molar-refractivity contribution in [3.63, 3.8) is 0 Å². The van der Waals surface area contributed by atoms with Gasteiger partial charge in [-0.05, 0) is 13.8 Å². The number of hydrogen-bond acceptors (Lipinski definition) is 5. The van der Waals surface area contributed by atoms with E-state index in [0.29, 0.717) is 0 Å². The van der Waals surface area contributed by atoms with Gasteiger partial charge in [0.25, 0.3) is 0 Å². The highest BCUT2D eigenvalue weighted by molar-refractivity contribution is 5.84. The lowest BCUT2D eigenvalue weighted by molar-refractivity contribution is -0.172. The van der Waals surface area contributed by atoms with Gasteiger partial charge in [-0.3, -0.25) is 0 Å². The predicted octanol–water partition coefficient (Wildman–Crippen LogP) is -1.26. The van der Waals surface area contributed by atoms with E-state index >= 15 is 0 Å². The lowest BCUT2D eigenvalue weighted by atomic mass is 10.2. The fourth-order valence-electron chi connectivity index (χ4n) is 0.566. The van der Waals surface area contributed by atoms with Crippen molar-refractivity contribution < 1.29 is 29.6 Å². The Kier molecular flexibility index (Phi) is 4.36. The molecule has 13 heavy (non-hydrogen) atoms. The van der Waals surface area contributed by atoms with Crippen molar-refractivity contribution in [1.29, 1.82) is 0 Å². The summed E-state index contributed by atoms with van der Waals surface area (Å²) in [6, 6.07) is 0. The van der Waals surface area contributed by atoms with Crippen LogP contribution in [0.4, 0.5) is 0 Å². The number of hydrogen-bond donors (Lipinski definition) is 3. The highest BCUT2D eigenvalue weighted by Gasteiger charge is 2.31. The maximum absolute atomic E-state index is 10.8. The third kappa shape index (κ3) is 3.86. The molecule has 2 atom stereocenters. The summed E-state index contributed by atoms with van der Waals surface area (Å²) in [5.41, 5.74) is 0. The van der Waals surface area contributed by atoms with E-state index in [1.807, 2.05) is 0 Å². The molecule has 0 spiro atoms. The van der Waals surface area contributed by atoms with Crippen LogP contribution in [0, 0.1) is 0 Å². The number of carboxylic acid groups (broad SMARTS) is 1. The molecule has 0 saturated heterocycles. The number of carbonyl (C=O) groups is 2. The van der Waals surface area contributed by atoms with Crippen molar-refractivity contribution in [3.05, 3.63) is 0 Å². The molecule has 0 aliphatic heterocycles. The van der Waals surface area contributed by atoms with E-state index in [1.165, 1.54) is 13.8 Å². The number of aliphatic carboxylic acids is 1. The van der Waals surface area contributed by atoms with Gasteiger partial charge in [-0.1, -0.05) is 0 Å². The third-order valence-electron chi connectivity index (χ3n) is 1.15. The topological polar surface area (TPSA) is 104 Å². The Balaban J connectivity index is 4.17. The van der Waals surface area contributed by atoms with E-state index < -0.39 is 30.3 Å². The molecule has 0 aliphatic carbocycles. The first-order valence-electron chi connectivity index (χ1n) is 3.65. The molecule has 0 bridgehead atoms. The molecule has 0 fully saturated rings. The van der Waals surface area contributed by atoms with E-state index in [1.54, 1.807) is 0 Å². The van der Waals surface area contributed by atoms with Crippen LogP contribution in [0.15, 0.2) is 0 Å².